The van der Waals surface area contributed by atoms with Gasteiger partial charge in [-0.15, -0.1) is 0 Å². The molecule has 0 saturated carbocycles. The van der Waals surface area contributed by atoms with Crippen molar-refractivity contribution in [1.82, 2.24) is 0 Å². The fourth-order valence-electron chi connectivity index (χ4n) is 1.39. The first kappa shape index (κ1) is 14.6. The summed E-state index contributed by atoms with van der Waals surface area (Å²) in [4.78, 5) is 0. The molecule has 0 radical (unpaired) electrons. The summed E-state index contributed by atoms with van der Waals surface area (Å²) in [5.41, 5.74) is 0.787. The topological polar surface area (TPSA) is 42.2 Å². The van der Waals surface area contributed by atoms with Crippen molar-refractivity contribution in [2.45, 2.75) is 32.5 Å². The van der Waals surface area contributed by atoms with E-state index in [-0.39, 0.29) is 18.0 Å². The average molecular weight is 251 g/mol. The van der Waals surface area contributed by atoms with Crippen LogP contribution in [0.2, 0.25) is 0 Å². The maximum Gasteiger partial charge on any atom is 0.123 e. The number of benzene rings is 1. The van der Waals surface area contributed by atoms with Gasteiger partial charge in [0.2, 0.25) is 0 Å². The predicted octanol–water partition coefficient (Wildman–Crippen LogP) is 3.03. The zero-order valence-electron chi connectivity index (χ0n) is 11.0. The van der Waals surface area contributed by atoms with Gasteiger partial charge in [-0.3, -0.25) is 0 Å². The van der Waals surface area contributed by atoms with Gasteiger partial charge >= 0.3 is 0 Å². The molecule has 0 amide bonds. The Bertz CT molecular complexity index is 438. The number of ether oxygens (including phenoxy) is 2. The molecule has 0 aromatic heterocycles. The Morgan fingerprint density at radius 3 is 2.72 bits per heavy atom. The Labute approximate surface area is 107 Å². The van der Waals surface area contributed by atoms with Gasteiger partial charge in [0.15, 0.2) is 0 Å². The minimum absolute atomic E-state index is 0.236. The number of hydrogen-bond donors (Lipinski definition) is 0. The summed E-state index contributed by atoms with van der Waals surface area (Å²) in [6, 6.07) is 6.09. The molecule has 18 heavy (non-hydrogen) atoms. The number of methoxy groups -OCH3 is 1. The first-order valence-electron chi connectivity index (χ1n) is 5.80. The summed E-state index contributed by atoms with van der Waals surface area (Å²) in [7, 11) is 1.65. The maximum atomic E-state index is 13.1. The molecule has 1 aromatic carbocycles. The van der Waals surface area contributed by atoms with Crippen LogP contribution < -0.4 is 0 Å². The molecule has 0 fully saturated rings. The largest absolute Gasteiger partial charge is 0.379 e. The molecular weight excluding hydrogens is 233 g/mol. The fraction of sp³-hybridized carbons (Fsp3) is 0.500. The lowest BCUT2D eigenvalue weighted by atomic mass is 10.1. The van der Waals surface area contributed by atoms with Crippen LogP contribution in [0.1, 0.15) is 31.4 Å². The van der Waals surface area contributed by atoms with Crippen molar-refractivity contribution in [1.29, 1.82) is 5.26 Å². The van der Waals surface area contributed by atoms with E-state index in [4.69, 9.17) is 14.7 Å². The fourth-order valence-corrected chi connectivity index (χ4v) is 1.39. The molecule has 0 spiro atoms. The highest BCUT2D eigenvalue weighted by molar-refractivity contribution is 5.37. The van der Waals surface area contributed by atoms with E-state index in [1.807, 2.05) is 19.9 Å². The van der Waals surface area contributed by atoms with Gasteiger partial charge in [0.25, 0.3) is 0 Å². The van der Waals surface area contributed by atoms with Gasteiger partial charge in [0, 0.05) is 13.7 Å². The van der Waals surface area contributed by atoms with Gasteiger partial charge in [0.1, 0.15) is 5.82 Å². The van der Waals surface area contributed by atoms with Crippen LogP contribution in [0.15, 0.2) is 18.2 Å². The van der Waals surface area contributed by atoms with Crippen LogP contribution in [-0.2, 0) is 16.1 Å². The lowest BCUT2D eigenvalue weighted by molar-refractivity contribution is -0.0125. The van der Waals surface area contributed by atoms with E-state index in [2.05, 4.69) is 0 Å². The van der Waals surface area contributed by atoms with Crippen LogP contribution in [0, 0.1) is 17.1 Å². The van der Waals surface area contributed by atoms with E-state index < -0.39 is 0 Å². The number of rotatable bonds is 6. The minimum atomic E-state index is -0.357. The Hall–Kier alpha value is -1.44. The molecule has 0 atom stereocenters. The second-order valence-electron chi connectivity index (χ2n) is 4.68. The summed E-state index contributed by atoms with van der Waals surface area (Å²) in [6.45, 7) is 4.68. The van der Waals surface area contributed by atoms with Crippen LogP contribution in [0.3, 0.4) is 0 Å². The normalized spacial score (nSPS) is 11.3. The summed E-state index contributed by atoms with van der Waals surface area (Å²) >= 11 is 0. The molecule has 0 heterocycles. The van der Waals surface area contributed by atoms with E-state index in [0.29, 0.717) is 17.7 Å². The molecule has 0 unspecified atom stereocenters. The molecular formula is C14H18FNO2. The predicted molar refractivity (Wildman–Crippen MR) is 66.5 cm³/mol. The molecule has 0 aliphatic heterocycles. The van der Waals surface area contributed by atoms with E-state index in [1.54, 1.807) is 7.11 Å². The highest BCUT2D eigenvalue weighted by Crippen LogP contribution is 2.15. The number of halogens is 1. The number of nitriles is 1. The van der Waals surface area contributed by atoms with Crippen molar-refractivity contribution in [3.05, 3.63) is 35.1 Å². The molecule has 0 N–H and O–H groups in total. The maximum absolute atomic E-state index is 13.1. The van der Waals surface area contributed by atoms with E-state index in [9.17, 15) is 4.39 Å². The molecule has 1 aromatic rings. The number of nitrogens with zero attached hydrogens (tertiary/aromatic N) is 1. The number of hydrogen-bond acceptors (Lipinski definition) is 3. The van der Waals surface area contributed by atoms with Crippen LogP contribution in [-0.4, -0.2) is 19.3 Å². The van der Waals surface area contributed by atoms with Crippen LogP contribution in [0.4, 0.5) is 4.39 Å². The van der Waals surface area contributed by atoms with Crippen molar-refractivity contribution in [2.75, 3.05) is 13.7 Å². The Morgan fingerprint density at radius 2 is 2.11 bits per heavy atom. The highest BCUT2D eigenvalue weighted by Gasteiger charge is 2.15. The zero-order valence-corrected chi connectivity index (χ0v) is 11.0. The van der Waals surface area contributed by atoms with Crippen LogP contribution in [0.5, 0.6) is 0 Å². The molecule has 0 aliphatic rings. The van der Waals surface area contributed by atoms with Gasteiger partial charge in [0.05, 0.1) is 23.8 Å². The summed E-state index contributed by atoms with van der Waals surface area (Å²) in [6.07, 6.45) is 0.737. The first-order valence-corrected chi connectivity index (χ1v) is 5.80. The summed E-state index contributed by atoms with van der Waals surface area (Å²) < 4.78 is 23.8. The van der Waals surface area contributed by atoms with Crippen LogP contribution >= 0.6 is 0 Å². The Balaban J connectivity index is 2.49. The van der Waals surface area contributed by atoms with Crippen LogP contribution in [0.25, 0.3) is 0 Å². The van der Waals surface area contributed by atoms with E-state index >= 15 is 0 Å². The summed E-state index contributed by atoms with van der Waals surface area (Å²) in [5.74, 6) is -0.357. The highest BCUT2D eigenvalue weighted by atomic mass is 19.1. The first-order chi connectivity index (χ1) is 8.48. The minimum Gasteiger partial charge on any atom is -0.379 e. The third kappa shape index (κ3) is 4.44. The second-order valence-corrected chi connectivity index (χ2v) is 4.68. The van der Waals surface area contributed by atoms with Crippen molar-refractivity contribution in [3.8, 4) is 6.07 Å². The molecule has 0 aliphatic carbocycles. The quantitative estimate of drug-likeness (QED) is 0.730. The van der Waals surface area contributed by atoms with Gasteiger partial charge in [-0.2, -0.15) is 5.26 Å². The molecule has 4 heteroatoms. The van der Waals surface area contributed by atoms with E-state index in [0.717, 1.165) is 6.42 Å². The van der Waals surface area contributed by atoms with Gasteiger partial charge in [-0.25, -0.2) is 4.39 Å². The van der Waals surface area contributed by atoms with Gasteiger partial charge < -0.3 is 9.47 Å². The molecule has 98 valence electrons. The molecule has 0 saturated heterocycles. The molecule has 0 bridgehead atoms. The van der Waals surface area contributed by atoms with Crippen molar-refractivity contribution in [2.24, 2.45) is 0 Å². The second kappa shape index (κ2) is 6.48. The third-order valence-electron chi connectivity index (χ3n) is 2.85. The molecule has 3 nitrogen and oxygen atoms in total. The van der Waals surface area contributed by atoms with Crippen molar-refractivity contribution >= 4 is 0 Å². The Kier molecular flexibility index (Phi) is 5.26. The monoisotopic (exact) mass is 251 g/mol. The average Bonchev–Trinajstić information content (AvgIpc) is 2.35. The van der Waals surface area contributed by atoms with E-state index in [1.165, 1.54) is 18.2 Å². The standard InChI is InChI=1S/C14H18FNO2/c1-14(2,17-3)6-7-18-10-12-8-13(15)5-4-11(12)9-16/h4-5,8H,6-7,10H2,1-3H3. The van der Waals surface area contributed by atoms with Gasteiger partial charge in [-0.05, 0) is 44.0 Å². The smallest absolute Gasteiger partial charge is 0.123 e. The lowest BCUT2D eigenvalue weighted by Gasteiger charge is -2.22. The zero-order chi connectivity index (χ0) is 13.6. The summed E-state index contributed by atoms with van der Waals surface area (Å²) in [5, 5.41) is 8.89. The molecule has 1 rings (SSSR count). The Morgan fingerprint density at radius 1 is 1.39 bits per heavy atom. The van der Waals surface area contributed by atoms with Gasteiger partial charge in [-0.1, -0.05) is 0 Å². The SMILES string of the molecule is COC(C)(C)CCOCc1cc(F)ccc1C#N. The van der Waals surface area contributed by atoms with Crippen molar-refractivity contribution < 1.29 is 13.9 Å². The van der Waals surface area contributed by atoms with Crippen molar-refractivity contribution in [3.63, 3.8) is 0 Å². The third-order valence-corrected chi connectivity index (χ3v) is 2.85. The lowest BCUT2D eigenvalue weighted by Crippen LogP contribution is -2.24.